The molecule has 0 fully saturated rings. The number of ether oxygens (including phenoxy) is 3. The van der Waals surface area contributed by atoms with Crippen LogP contribution >= 0.6 is 0 Å². The highest BCUT2D eigenvalue weighted by atomic mass is 16.7. The fraction of sp³-hybridized carbons (Fsp3) is 0.483. The summed E-state index contributed by atoms with van der Waals surface area (Å²) in [4.78, 5) is 10.9. The molecule has 0 saturated carbocycles. The van der Waals surface area contributed by atoms with Crippen molar-refractivity contribution >= 4 is 11.7 Å². The molecule has 1 aliphatic rings. The highest BCUT2D eigenvalue weighted by molar-refractivity contribution is 5.87. The second-order valence-electron chi connectivity index (χ2n) is 9.57. The first-order valence-electron chi connectivity index (χ1n) is 12.9. The number of hydrogen-bond acceptors (Lipinski definition) is 6. The standard InChI is InChI=1S/C29H39N3O5/c1-29(2)36-21-24-19-23(13-14-27(24)37-29)26(33)20-31-15-6-4-3-5-7-16-35-17-9-11-22-10-8-12-25(18-22)32-28(30)34/h8,10,12-14,18-19,26,31,33H,3-7,15-17,20-21H2,1-2H3,(H3,30,32,34)/t26-/m0/s1. The Hall–Kier alpha value is -3.09. The highest BCUT2D eigenvalue weighted by Crippen LogP contribution is 2.32. The summed E-state index contributed by atoms with van der Waals surface area (Å²) in [5.74, 6) is 6.22. The van der Waals surface area contributed by atoms with Crippen LogP contribution in [0.3, 0.4) is 0 Å². The number of anilines is 1. The van der Waals surface area contributed by atoms with Crippen LogP contribution in [0.4, 0.5) is 10.5 Å². The van der Waals surface area contributed by atoms with Crippen molar-refractivity contribution in [2.24, 2.45) is 5.73 Å². The van der Waals surface area contributed by atoms with Crippen LogP contribution in [0.2, 0.25) is 0 Å². The van der Waals surface area contributed by atoms with Crippen molar-refractivity contribution in [3.8, 4) is 17.6 Å². The number of hydrogen-bond donors (Lipinski definition) is 4. The minimum Gasteiger partial charge on any atom is -0.463 e. The van der Waals surface area contributed by atoms with Gasteiger partial charge in [-0.15, -0.1) is 0 Å². The molecule has 1 aliphatic heterocycles. The number of carbonyl (C=O) groups excluding carboxylic acids is 1. The van der Waals surface area contributed by atoms with Crippen LogP contribution in [0.1, 0.15) is 68.7 Å². The molecule has 2 amide bonds. The van der Waals surface area contributed by atoms with E-state index in [1.54, 1.807) is 12.1 Å². The van der Waals surface area contributed by atoms with Crippen molar-refractivity contribution in [3.63, 3.8) is 0 Å². The van der Waals surface area contributed by atoms with Crippen LogP contribution in [0.25, 0.3) is 0 Å². The van der Waals surface area contributed by atoms with E-state index < -0.39 is 17.9 Å². The lowest BCUT2D eigenvalue weighted by molar-refractivity contribution is -0.180. The molecular weight excluding hydrogens is 470 g/mol. The lowest BCUT2D eigenvalue weighted by Gasteiger charge is -2.33. The smallest absolute Gasteiger partial charge is 0.316 e. The van der Waals surface area contributed by atoms with Crippen LogP contribution in [0.15, 0.2) is 42.5 Å². The third kappa shape index (κ3) is 10.4. The van der Waals surface area contributed by atoms with E-state index in [0.29, 0.717) is 32.1 Å². The average Bonchev–Trinajstić information content (AvgIpc) is 2.85. The molecule has 0 radical (unpaired) electrons. The predicted octanol–water partition coefficient (Wildman–Crippen LogP) is 4.46. The molecule has 0 spiro atoms. The van der Waals surface area contributed by atoms with Crippen LogP contribution < -0.4 is 21.1 Å². The number of nitrogens with one attached hydrogen (secondary N) is 2. The van der Waals surface area contributed by atoms with Crippen molar-refractivity contribution in [3.05, 3.63) is 59.2 Å². The van der Waals surface area contributed by atoms with Gasteiger partial charge in [-0.25, -0.2) is 4.79 Å². The third-order valence-electron chi connectivity index (χ3n) is 5.92. The Balaban J connectivity index is 1.18. The van der Waals surface area contributed by atoms with Gasteiger partial charge < -0.3 is 35.7 Å². The Morgan fingerprint density at radius 2 is 1.97 bits per heavy atom. The van der Waals surface area contributed by atoms with Crippen LogP contribution in [-0.4, -0.2) is 43.2 Å². The summed E-state index contributed by atoms with van der Waals surface area (Å²) < 4.78 is 17.1. The van der Waals surface area contributed by atoms with Crippen LogP contribution in [0, 0.1) is 11.8 Å². The van der Waals surface area contributed by atoms with Gasteiger partial charge in [-0.05, 0) is 55.3 Å². The Kier molecular flexibility index (Phi) is 11.2. The summed E-state index contributed by atoms with van der Waals surface area (Å²) in [6.45, 7) is 6.74. The summed E-state index contributed by atoms with van der Waals surface area (Å²) >= 11 is 0. The van der Waals surface area contributed by atoms with Crippen molar-refractivity contribution in [2.75, 3.05) is 31.6 Å². The molecule has 0 aromatic heterocycles. The van der Waals surface area contributed by atoms with Gasteiger partial charge in [-0.1, -0.05) is 43.2 Å². The van der Waals surface area contributed by atoms with Gasteiger partial charge in [0.1, 0.15) is 12.4 Å². The van der Waals surface area contributed by atoms with Gasteiger partial charge in [0.2, 0.25) is 5.79 Å². The Morgan fingerprint density at radius 1 is 1.16 bits per heavy atom. The minimum absolute atomic E-state index is 0.377. The topological polar surface area (TPSA) is 115 Å². The van der Waals surface area contributed by atoms with Gasteiger partial charge in [-0.2, -0.15) is 0 Å². The fourth-order valence-corrected chi connectivity index (χ4v) is 3.98. The summed E-state index contributed by atoms with van der Waals surface area (Å²) in [5, 5.41) is 16.4. The molecule has 0 bridgehead atoms. The second kappa shape index (κ2) is 14.6. The third-order valence-corrected chi connectivity index (χ3v) is 5.92. The zero-order valence-corrected chi connectivity index (χ0v) is 21.8. The molecule has 0 saturated heterocycles. The van der Waals surface area contributed by atoms with Gasteiger partial charge in [-0.3, -0.25) is 0 Å². The number of benzene rings is 2. The maximum absolute atomic E-state index is 10.9. The van der Waals surface area contributed by atoms with Crippen molar-refractivity contribution in [2.45, 2.75) is 64.4 Å². The van der Waals surface area contributed by atoms with Crippen molar-refractivity contribution in [1.29, 1.82) is 0 Å². The maximum atomic E-state index is 10.9. The van der Waals surface area contributed by atoms with Crippen LogP contribution in [0.5, 0.6) is 5.75 Å². The van der Waals surface area contributed by atoms with E-state index in [2.05, 4.69) is 22.5 Å². The fourth-order valence-electron chi connectivity index (χ4n) is 3.98. The monoisotopic (exact) mass is 509 g/mol. The van der Waals surface area contributed by atoms with Crippen molar-refractivity contribution < 1.29 is 24.1 Å². The Labute approximate surface area is 219 Å². The van der Waals surface area contributed by atoms with E-state index in [1.807, 2.05) is 44.2 Å². The number of nitrogens with two attached hydrogens (primary N) is 1. The van der Waals surface area contributed by atoms with Gasteiger partial charge in [0.25, 0.3) is 0 Å². The van der Waals surface area contributed by atoms with E-state index in [0.717, 1.165) is 61.1 Å². The van der Waals surface area contributed by atoms with Gasteiger partial charge in [0.05, 0.1) is 12.7 Å². The van der Waals surface area contributed by atoms with E-state index in [9.17, 15) is 9.90 Å². The zero-order valence-electron chi connectivity index (χ0n) is 21.8. The Bertz CT molecular complexity index is 1080. The summed E-state index contributed by atoms with van der Waals surface area (Å²) in [5.41, 5.74) is 8.38. The maximum Gasteiger partial charge on any atom is 0.316 e. The number of carbonyl (C=O) groups is 1. The lowest BCUT2D eigenvalue weighted by Crippen LogP contribution is -2.35. The summed E-state index contributed by atoms with van der Waals surface area (Å²) in [7, 11) is 0. The molecule has 0 unspecified atom stereocenters. The first kappa shape index (κ1) is 28.5. The first-order valence-corrected chi connectivity index (χ1v) is 12.9. The molecule has 8 nitrogen and oxygen atoms in total. The van der Waals surface area contributed by atoms with Gasteiger partial charge >= 0.3 is 6.03 Å². The van der Waals surface area contributed by atoms with E-state index in [-0.39, 0.29) is 0 Å². The molecule has 2 aromatic carbocycles. The number of primary amides is 1. The molecular formula is C29H39N3O5. The number of rotatable bonds is 13. The largest absolute Gasteiger partial charge is 0.463 e. The quantitative estimate of drug-likeness (QED) is 0.234. The molecule has 2 aromatic rings. The van der Waals surface area contributed by atoms with Crippen LogP contribution in [-0.2, 0) is 16.1 Å². The van der Waals surface area contributed by atoms with Gasteiger partial charge in [0.15, 0.2) is 0 Å². The number of fused-ring (bicyclic) bond motifs is 1. The number of aliphatic hydroxyl groups excluding tert-OH is 1. The molecule has 5 N–H and O–H groups in total. The molecule has 37 heavy (non-hydrogen) atoms. The normalized spacial score (nSPS) is 14.6. The Morgan fingerprint density at radius 3 is 2.81 bits per heavy atom. The first-order chi connectivity index (χ1) is 17.8. The average molecular weight is 510 g/mol. The number of amides is 2. The molecule has 3 rings (SSSR count). The molecule has 0 aliphatic carbocycles. The molecule has 200 valence electrons. The predicted molar refractivity (Wildman–Crippen MR) is 144 cm³/mol. The number of unbranched alkanes of at least 4 members (excludes halogenated alkanes) is 4. The molecule has 8 heteroatoms. The molecule has 1 atom stereocenters. The van der Waals surface area contributed by atoms with E-state index >= 15 is 0 Å². The van der Waals surface area contributed by atoms with E-state index in [4.69, 9.17) is 19.9 Å². The number of urea groups is 1. The lowest BCUT2D eigenvalue weighted by atomic mass is 10.0. The second-order valence-corrected chi connectivity index (χ2v) is 9.57. The zero-order chi connectivity index (χ0) is 26.5. The highest BCUT2D eigenvalue weighted by Gasteiger charge is 2.27. The van der Waals surface area contributed by atoms with Crippen molar-refractivity contribution in [1.82, 2.24) is 5.32 Å². The van der Waals surface area contributed by atoms with Gasteiger partial charge in [0, 0.05) is 43.8 Å². The summed E-state index contributed by atoms with van der Waals surface area (Å²) in [6.07, 6.45) is 4.93. The SMILES string of the molecule is CC1(C)OCc2cc([C@@H](O)CNCCCCCCCOCC#Cc3cccc(NC(N)=O)c3)ccc2O1. The van der Waals surface area contributed by atoms with E-state index in [1.165, 1.54) is 0 Å². The number of aliphatic hydroxyl groups is 1. The molecule has 1 heterocycles. The summed E-state index contributed by atoms with van der Waals surface area (Å²) in [6, 6.07) is 12.4. The minimum atomic E-state index is -0.613.